The van der Waals surface area contributed by atoms with Crippen LogP contribution in [0.25, 0.3) is 0 Å². The van der Waals surface area contributed by atoms with E-state index in [-0.39, 0.29) is 19.6 Å². The fourth-order valence-electron chi connectivity index (χ4n) is 1.54. The molecule has 1 aliphatic heterocycles. The van der Waals surface area contributed by atoms with E-state index >= 15 is 0 Å². The van der Waals surface area contributed by atoms with Crippen LogP contribution < -0.4 is 0 Å². The van der Waals surface area contributed by atoms with E-state index in [1.54, 1.807) is 24.3 Å². The van der Waals surface area contributed by atoms with Crippen LogP contribution >= 0.6 is 0 Å². The zero-order valence-corrected chi connectivity index (χ0v) is 8.07. The number of hydrogen-bond donors (Lipinski definition) is 1. The summed E-state index contributed by atoms with van der Waals surface area (Å²) in [5.41, 5.74) is -0.139. The normalized spacial score (nSPS) is 18.2. The Morgan fingerprint density at radius 2 is 2.00 bits per heavy atom. The van der Waals surface area contributed by atoms with Crippen molar-refractivity contribution in [2.45, 2.75) is 12.1 Å². The lowest BCUT2D eigenvalue weighted by Gasteiger charge is -2.34. The van der Waals surface area contributed by atoms with Gasteiger partial charge in [-0.15, -0.1) is 0 Å². The highest BCUT2D eigenvalue weighted by Gasteiger charge is 2.40. The molecule has 0 spiro atoms. The molecule has 3 nitrogen and oxygen atoms in total. The predicted molar refractivity (Wildman–Crippen MR) is 51.4 cm³/mol. The summed E-state index contributed by atoms with van der Waals surface area (Å²) < 4.78 is 18.6. The van der Waals surface area contributed by atoms with Crippen LogP contribution in [-0.4, -0.2) is 24.3 Å². The predicted octanol–water partition coefficient (Wildman–Crippen LogP) is 1.51. The van der Waals surface area contributed by atoms with Crippen LogP contribution in [0.2, 0.25) is 0 Å². The van der Waals surface area contributed by atoms with Gasteiger partial charge in [-0.3, -0.25) is 4.79 Å². The highest BCUT2D eigenvalue weighted by molar-refractivity contribution is 5.70. The summed E-state index contributed by atoms with van der Waals surface area (Å²) in [7, 11) is 0. The van der Waals surface area contributed by atoms with Crippen LogP contribution in [0.15, 0.2) is 24.3 Å². The third-order valence-electron chi connectivity index (χ3n) is 2.49. The molecule has 1 aromatic rings. The minimum absolute atomic E-state index is 0.0317. The van der Waals surface area contributed by atoms with Gasteiger partial charge < -0.3 is 9.84 Å². The molecule has 15 heavy (non-hydrogen) atoms. The maximum absolute atomic E-state index is 13.8. The maximum atomic E-state index is 13.8. The average Bonchev–Trinajstić information content (AvgIpc) is 2.14. The Hall–Kier alpha value is -1.42. The van der Waals surface area contributed by atoms with Crippen LogP contribution in [-0.2, 0) is 21.6 Å². The minimum Gasteiger partial charge on any atom is -0.481 e. The Kier molecular flexibility index (Phi) is 2.44. The Morgan fingerprint density at radius 1 is 1.40 bits per heavy atom. The Balaban J connectivity index is 2.13. The summed E-state index contributed by atoms with van der Waals surface area (Å²) in [6.07, 6.45) is -0.0317. The van der Waals surface area contributed by atoms with Crippen molar-refractivity contribution >= 4 is 5.97 Å². The van der Waals surface area contributed by atoms with Crippen LogP contribution in [0.3, 0.4) is 0 Å². The Morgan fingerprint density at radius 3 is 2.40 bits per heavy atom. The smallest absolute Gasteiger partial charge is 0.307 e. The van der Waals surface area contributed by atoms with Crippen molar-refractivity contribution in [2.75, 3.05) is 13.2 Å². The molecular weight excluding hydrogens is 199 g/mol. The van der Waals surface area contributed by atoms with Crippen molar-refractivity contribution in [3.05, 3.63) is 35.4 Å². The largest absolute Gasteiger partial charge is 0.481 e. The van der Waals surface area contributed by atoms with Gasteiger partial charge in [-0.1, -0.05) is 24.3 Å². The van der Waals surface area contributed by atoms with E-state index in [2.05, 4.69) is 0 Å². The zero-order chi connectivity index (χ0) is 10.9. The lowest BCUT2D eigenvalue weighted by molar-refractivity contribution is -0.136. The van der Waals surface area contributed by atoms with Crippen LogP contribution in [0, 0.1) is 0 Å². The molecule has 0 atom stereocenters. The molecule has 0 saturated carbocycles. The van der Waals surface area contributed by atoms with E-state index in [1.165, 1.54) is 0 Å². The minimum atomic E-state index is -1.37. The van der Waals surface area contributed by atoms with Gasteiger partial charge in [-0.05, 0) is 11.1 Å². The number of carbonyl (C=O) groups is 1. The molecule has 0 radical (unpaired) electrons. The van der Waals surface area contributed by atoms with Crippen LogP contribution in [0.1, 0.15) is 11.1 Å². The highest BCUT2D eigenvalue weighted by atomic mass is 19.1. The van der Waals surface area contributed by atoms with Gasteiger partial charge in [0.05, 0.1) is 19.6 Å². The van der Waals surface area contributed by atoms with E-state index in [0.717, 1.165) is 0 Å². The number of halogens is 1. The van der Waals surface area contributed by atoms with Gasteiger partial charge in [-0.25, -0.2) is 4.39 Å². The number of aliphatic carboxylic acids is 1. The molecule has 1 N–H and O–H groups in total. The van der Waals surface area contributed by atoms with E-state index in [1.807, 2.05) is 0 Å². The second-order valence-electron chi connectivity index (χ2n) is 3.73. The summed E-state index contributed by atoms with van der Waals surface area (Å²) in [4.78, 5) is 10.4. The van der Waals surface area contributed by atoms with Crippen molar-refractivity contribution in [3.63, 3.8) is 0 Å². The molecule has 1 aliphatic rings. The fourth-order valence-corrected chi connectivity index (χ4v) is 1.54. The van der Waals surface area contributed by atoms with Gasteiger partial charge >= 0.3 is 5.97 Å². The number of alkyl halides is 1. The van der Waals surface area contributed by atoms with Gasteiger partial charge in [0.1, 0.15) is 0 Å². The first-order valence-corrected chi connectivity index (χ1v) is 4.68. The van der Waals surface area contributed by atoms with Gasteiger partial charge in [0.25, 0.3) is 0 Å². The van der Waals surface area contributed by atoms with Crippen molar-refractivity contribution in [3.8, 4) is 0 Å². The maximum Gasteiger partial charge on any atom is 0.307 e. The second kappa shape index (κ2) is 3.62. The number of benzene rings is 1. The average molecular weight is 210 g/mol. The van der Waals surface area contributed by atoms with Gasteiger partial charge in [0.15, 0.2) is 5.67 Å². The number of hydrogen-bond acceptors (Lipinski definition) is 2. The summed E-state index contributed by atoms with van der Waals surface area (Å²) in [6.45, 7) is 0.177. The topological polar surface area (TPSA) is 46.5 Å². The molecular formula is C11H11FO3. The molecule has 2 rings (SSSR count). The molecule has 80 valence electrons. The summed E-state index contributed by atoms with van der Waals surface area (Å²) in [6, 6.07) is 6.54. The Bertz CT molecular complexity index is 368. The lowest BCUT2D eigenvalue weighted by Crippen LogP contribution is -2.42. The van der Waals surface area contributed by atoms with Gasteiger partial charge in [0, 0.05) is 0 Å². The zero-order valence-electron chi connectivity index (χ0n) is 8.07. The van der Waals surface area contributed by atoms with Crippen LogP contribution in [0.4, 0.5) is 4.39 Å². The van der Waals surface area contributed by atoms with Crippen molar-refractivity contribution in [1.29, 1.82) is 0 Å². The van der Waals surface area contributed by atoms with E-state index < -0.39 is 11.6 Å². The van der Waals surface area contributed by atoms with E-state index in [9.17, 15) is 9.18 Å². The fraction of sp³-hybridized carbons (Fsp3) is 0.364. The molecule has 0 unspecified atom stereocenters. The molecule has 0 aliphatic carbocycles. The number of carboxylic acid groups (broad SMARTS) is 1. The highest BCUT2D eigenvalue weighted by Crippen LogP contribution is 2.33. The van der Waals surface area contributed by atoms with Gasteiger partial charge in [0.2, 0.25) is 0 Å². The van der Waals surface area contributed by atoms with Crippen LogP contribution in [0.5, 0.6) is 0 Å². The second-order valence-corrected chi connectivity index (χ2v) is 3.73. The third kappa shape index (κ3) is 1.99. The quantitative estimate of drug-likeness (QED) is 0.822. The summed E-state index contributed by atoms with van der Waals surface area (Å²) in [5.74, 6) is -0.885. The first-order valence-electron chi connectivity index (χ1n) is 4.68. The summed E-state index contributed by atoms with van der Waals surface area (Å²) in [5, 5.41) is 8.56. The number of carboxylic acids is 1. The molecule has 0 amide bonds. The molecule has 1 aromatic carbocycles. The molecule has 4 heteroatoms. The summed E-state index contributed by atoms with van der Waals surface area (Å²) >= 11 is 0. The lowest BCUT2D eigenvalue weighted by atomic mass is 9.93. The molecule has 0 aromatic heterocycles. The van der Waals surface area contributed by atoms with Crippen molar-refractivity contribution in [2.24, 2.45) is 0 Å². The van der Waals surface area contributed by atoms with E-state index in [4.69, 9.17) is 9.84 Å². The number of ether oxygens (including phenoxy) is 1. The molecule has 1 saturated heterocycles. The van der Waals surface area contributed by atoms with Crippen molar-refractivity contribution < 1.29 is 19.0 Å². The molecule has 0 bridgehead atoms. The number of rotatable bonds is 3. The third-order valence-corrected chi connectivity index (χ3v) is 2.49. The Labute approximate surface area is 86.5 Å². The molecule has 1 fully saturated rings. The van der Waals surface area contributed by atoms with Crippen molar-refractivity contribution in [1.82, 2.24) is 0 Å². The van der Waals surface area contributed by atoms with Gasteiger partial charge in [-0.2, -0.15) is 0 Å². The standard InChI is InChI=1S/C11H11FO3/c12-11(6-15-7-11)9-3-1-8(2-4-9)5-10(13)14/h1-4H,5-7H2,(H,13,14). The monoisotopic (exact) mass is 210 g/mol. The SMILES string of the molecule is O=C(O)Cc1ccc(C2(F)COC2)cc1. The van der Waals surface area contributed by atoms with E-state index in [0.29, 0.717) is 11.1 Å². The first-order chi connectivity index (χ1) is 7.10. The first kappa shape index (κ1) is 10.1. The molecule has 1 heterocycles.